The van der Waals surface area contributed by atoms with E-state index in [2.05, 4.69) is 23.7 Å². The maximum absolute atomic E-state index is 13.2. The number of hydrogen-bond donors (Lipinski definition) is 0. The Balaban J connectivity index is 0.000000595. The van der Waals surface area contributed by atoms with Crippen molar-refractivity contribution in [2.45, 2.75) is 224 Å². The number of halogens is 24. The Morgan fingerprint density at radius 2 is 0.711 bits per heavy atom. The number of benzene rings is 1. The van der Waals surface area contributed by atoms with Crippen molar-refractivity contribution in [3.8, 4) is 5.75 Å². The van der Waals surface area contributed by atoms with E-state index in [0.29, 0.717) is 130 Å². The quantitative estimate of drug-likeness (QED) is 0.0112. The number of epoxide rings is 5. The van der Waals surface area contributed by atoms with Crippen LogP contribution in [0.1, 0.15) is 96.5 Å². The Morgan fingerprint density at radius 1 is 0.359 bits per heavy atom. The normalized spacial score (nSPS) is 25.6. The van der Waals surface area contributed by atoms with E-state index in [4.69, 9.17) is 52.1 Å². The molecule has 824 valence electrons. The van der Waals surface area contributed by atoms with E-state index in [0.717, 1.165) is 6.42 Å². The summed E-state index contributed by atoms with van der Waals surface area (Å²) in [5, 5.41) is 0. The van der Waals surface area contributed by atoms with Gasteiger partial charge in [-0.1, -0.05) is 12.1 Å². The lowest BCUT2D eigenvalue weighted by Gasteiger charge is -2.37. The molecule has 5 aliphatic heterocycles. The average Bonchev–Trinajstić information content (AvgIpc) is 1.57. The minimum atomic E-state index is -6.40. The number of rotatable bonds is 41. The maximum atomic E-state index is 13.2. The first-order valence-electron chi connectivity index (χ1n) is 40.3. The second-order valence-corrected chi connectivity index (χ2v) is 40.7. The van der Waals surface area contributed by atoms with Crippen molar-refractivity contribution in [3.63, 3.8) is 0 Å². The van der Waals surface area contributed by atoms with Crippen LogP contribution in [0, 0.1) is 78.6 Å². The molecule has 0 spiro atoms. The molecule has 0 aromatic heterocycles. The van der Waals surface area contributed by atoms with Gasteiger partial charge in [0, 0.05) is 43.6 Å². The Kier molecular flexibility index (Phi) is 46.2. The second-order valence-electron chi connectivity index (χ2n) is 33.6. The van der Waals surface area contributed by atoms with Crippen molar-refractivity contribution < 1.29 is 270 Å². The minimum Gasteiger partial charge on any atom is -0.748 e. The predicted molar refractivity (Wildman–Crippen MR) is 424 cm³/mol. The Bertz CT molecular complexity index is 4760. The summed E-state index contributed by atoms with van der Waals surface area (Å²) in [4.78, 5) is 59.6. The van der Waals surface area contributed by atoms with E-state index in [-0.39, 0.29) is 142 Å². The van der Waals surface area contributed by atoms with Crippen molar-refractivity contribution in [1.29, 1.82) is 0 Å². The standard InChI is InChI=1S/C15H20F6O7S.C15H14F6O7S.2C15H21F3O7S.C12H16F6O8S.5CH3/c2*16-14(17,18)13(15(19,20)21,8-29(23,24)25)28-12(22)5-9-1-3-10(4-2-9)26-6-11-7-27-11;1-14(15(16,17)18,7-26(20,21)22)25-13(19)11-3-9-2-8(11)4-12(9)24-6-10-5-23-10;1-14(15(16,17)18,7-26(20,21)22)25-13(19)11-3-8-2-10(11)12(4-8)24-6-9-5-23-9;13-11(14,15)10(12(16,17)18,7-27(20,21)22)26-9(19)1-2-23-3-4-24-5-8-6-25-8;;;;;/h9-11H,1-8H2,(H,23,24,25);1-4,11H,5-8H2,(H,23,24,25);2*8-12H,2-7H2,1H3,(H,20,21,22);8H,1-7H2,(H,20,21,22);5*1H3/q;;;;;5*+1/p-5. The molecule has 5 heterocycles. The van der Waals surface area contributed by atoms with Gasteiger partial charge in [-0.25, -0.2) is 42.1 Å². The highest BCUT2D eigenvalue weighted by Gasteiger charge is 2.78. The SMILES string of the molecule is CC(CS(=O)(=O)[O-])(OC(=O)C1CC2CC(OCC3CO3)C1C2)C(F)(F)F.CC(CS(=O)(=O)[O-])(OC(=O)C1CC2CC1CC2OCC1CO1)C(F)(F)F.O=C(CC1CCC(OCC2CO2)CC1)OC(CS(=O)(=O)[O-])(C(F)(F)F)C(F)(F)F.O=C(CCOCCOCC1CO1)OC(CS(=O)(=O)[O-])(C(F)(F)F)C(F)(F)F.O=C(Cc1ccc(OCC2CO2)cc1)OC(CS(=O)(=O)[O-])(C(F)(F)F)C(F)(F)F.[CH3+].[CH3+].[CH3+].[CH3+].[CH3+]. The van der Waals surface area contributed by atoms with Crippen molar-refractivity contribution in [2.75, 3.05) is 115 Å². The zero-order valence-electron chi connectivity index (χ0n) is 75.7. The number of alkyl halides is 24. The molecule has 1 aromatic carbocycles. The molecule has 0 N–H and O–H groups in total. The molecule has 1 aromatic rings. The minimum absolute atomic E-state index is 0. The van der Waals surface area contributed by atoms with Gasteiger partial charge in [0.15, 0.2) is 0 Å². The molecular weight excluding hydrogens is 2120 g/mol. The zero-order valence-corrected chi connectivity index (χ0v) is 79.8. The van der Waals surface area contributed by atoms with Crippen LogP contribution in [0.4, 0.5) is 105 Å². The molecule has 5 saturated heterocycles. The summed E-state index contributed by atoms with van der Waals surface area (Å²) in [6, 6.07) is 5.01. The summed E-state index contributed by atoms with van der Waals surface area (Å²) < 4.78 is 551. The fourth-order valence-corrected chi connectivity index (χ4v) is 19.3. The number of hydrogen-bond acceptors (Lipinski definition) is 36. The molecule has 10 aliphatic rings. The highest BCUT2D eigenvalue weighted by molar-refractivity contribution is 7.86. The molecular formula is C77H102F24O36S5. The molecule has 15 unspecified atom stereocenters. The van der Waals surface area contributed by atoms with E-state index in [1.807, 2.05) is 0 Å². The number of fused-ring (bicyclic) bond motifs is 4. The van der Waals surface area contributed by atoms with Gasteiger partial charge in [0.05, 0.1) is 202 Å². The van der Waals surface area contributed by atoms with Crippen LogP contribution in [0.15, 0.2) is 24.3 Å². The summed E-state index contributed by atoms with van der Waals surface area (Å²) in [5.41, 5.74) is -23.1. The maximum Gasteiger partial charge on any atom is 0.438 e. The van der Waals surface area contributed by atoms with Crippen molar-refractivity contribution in [2.24, 2.45) is 41.4 Å². The van der Waals surface area contributed by atoms with Gasteiger partial charge in [0.1, 0.15) is 42.9 Å². The van der Waals surface area contributed by atoms with E-state index < -0.39 is 230 Å². The third-order valence-electron chi connectivity index (χ3n) is 22.3. The van der Waals surface area contributed by atoms with Gasteiger partial charge < -0.3 is 98.6 Å². The summed E-state index contributed by atoms with van der Waals surface area (Å²) in [6.45, 7) is 4.85. The van der Waals surface area contributed by atoms with Crippen LogP contribution < -0.4 is 4.74 Å². The lowest BCUT2D eigenvalue weighted by Crippen LogP contribution is -2.63. The van der Waals surface area contributed by atoms with Gasteiger partial charge in [0.2, 0.25) is 11.2 Å². The zero-order chi connectivity index (χ0) is 104. The van der Waals surface area contributed by atoms with Gasteiger partial charge in [-0.2, -0.15) is 105 Å². The fraction of sp³-hybridized carbons (Fsp3) is 0.792. The lowest BCUT2D eigenvalue weighted by molar-refractivity contribution is -0.361. The first kappa shape index (κ1) is 131. The number of esters is 5. The largest absolute Gasteiger partial charge is 0.748 e. The summed E-state index contributed by atoms with van der Waals surface area (Å²) in [6.07, 6.45) is -47.1. The molecule has 36 nitrogen and oxygen atoms in total. The third kappa shape index (κ3) is 40.0. The molecule has 10 fully saturated rings. The number of carbonyl (C=O) groups is 5. The van der Waals surface area contributed by atoms with E-state index >= 15 is 0 Å². The summed E-state index contributed by atoms with van der Waals surface area (Å²) >= 11 is 0. The second kappa shape index (κ2) is 50.0. The highest BCUT2D eigenvalue weighted by atomic mass is 32.2. The van der Waals surface area contributed by atoms with Crippen LogP contribution >= 0.6 is 0 Å². The number of carbonyl (C=O) groups excluding carboxylic acids is 5. The van der Waals surface area contributed by atoms with Gasteiger partial charge in [0.25, 0.3) is 0 Å². The summed E-state index contributed by atoms with van der Waals surface area (Å²) in [5.74, 6) is -22.9. The molecule has 5 aliphatic carbocycles. The van der Waals surface area contributed by atoms with Gasteiger partial charge in [-0.15, -0.1) is 0 Å². The number of ether oxygens (including phenoxy) is 16. The van der Waals surface area contributed by atoms with Gasteiger partial charge in [-0.05, 0) is 125 Å². The molecule has 5 saturated carbocycles. The van der Waals surface area contributed by atoms with Crippen LogP contribution in [0.3, 0.4) is 0 Å². The van der Waals surface area contributed by atoms with Crippen molar-refractivity contribution in [3.05, 3.63) is 67.0 Å². The molecule has 4 bridgehead atoms. The summed E-state index contributed by atoms with van der Waals surface area (Å²) in [7, 11) is -28.7. The van der Waals surface area contributed by atoms with Crippen LogP contribution in [-0.2, 0) is 152 Å². The molecule has 11 rings (SSSR count). The van der Waals surface area contributed by atoms with Gasteiger partial charge in [-0.3, -0.25) is 24.0 Å². The first-order valence-corrected chi connectivity index (χ1v) is 48.2. The molecule has 15 atom stereocenters. The van der Waals surface area contributed by atoms with E-state index in [1.54, 1.807) is 0 Å². The first-order chi connectivity index (χ1) is 62.2. The van der Waals surface area contributed by atoms with Gasteiger partial charge >= 0.3 is 96.1 Å². The average molecular weight is 2220 g/mol. The Morgan fingerprint density at radius 3 is 1.07 bits per heavy atom. The highest BCUT2D eigenvalue weighted by Crippen LogP contribution is 2.55. The van der Waals surface area contributed by atoms with Crippen LogP contribution in [-0.4, -0.2) is 336 Å². The fourth-order valence-electron chi connectivity index (χ4n) is 14.9. The van der Waals surface area contributed by atoms with E-state index in [9.17, 15) is 194 Å². The third-order valence-corrected chi connectivity index (χ3v) is 26.4. The molecule has 142 heavy (non-hydrogen) atoms. The Hall–Kier alpha value is -6.81. The van der Waals surface area contributed by atoms with Crippen LogP contribution in [0.25, 0.3) is 0 Å². The van der Waals surface area contributed by atoms with E-state index in [1.165, 1.54) is 24.3 Å². The molecule has 0 radical (unpaired) electrons. The van der Waals surface area contributed by atoms with Crippen LogP contribution in [0.2, 0.25) is 0 Å². The predicted octanol–water partition coefficient (Wildman–Crippen LogP) is 9.72. The monoisotopic (exact) mass is 2220 g/mol. The lowest BCUT2D eigenvalue weighted by atomic mass is 9.85. The topological polar surface area (TPSA) is 536 Å². The van der Waals surface area contributed by atoms with Crippen molar-refractivity contribution >= 4 is 80.4 Å². The smallest absolute Gasteiger partial charge is 0.438 e. The molecule has 0 amide bonds. The Labute approximate surface area is 799 Å². The van der Waals surface area contributed by atoms with Crippen LogP contribution in [0.5, 0.6) is 5.75 Å². The molecule has 65 heteroatoms. The van der Waals surface area contributed by atoms with Crippen molar-refractivity contribution in [1.82, 2.24) is 0 Å².